The molecular weight excluding hydrogens is 287 g/mol. The molecule has 0 aliphatic rings. The number of carbonyl (C=O) groups is 1. The van der Waals surface area contributed by atoms with E-state index in [2.05, 4.69) is 31.2 Å². The molecule has 0 aromatic carbocycles. The molecule has 0 rings (SSSR count). The molecule has 0 saturated carbocycles. The maximum atomic E-state index is 10.3. The fraction of sp³-hybridized carbons (Fsp3) is 0.722. The predicted molar refractivity (Wildman–Crippen MR) is 94.1 cm³/mol. The van der Waals surface area contributed by atoms with Crippen LogP contribution in [0.1, 0.15) is 84.0 Å². The van der Waals surface area contributed by atoms with Crippen molar-refractivity contribution in [1.29, 1.82) is 0 Å². The molecule has 2 nitrogen and oxygen atoms in total. The SMILES string of the molecule is CCCCC/C=C\C/C=C\CCCCCCCC(=O)O.[KH]. The summed E-state index contributed by atoms with van der Waals surface area (Å²) in [7, 11) is 0. The van der Waals surface area contributed by atoms with E-state index < -0.39 is 5.97 Å². The predicted octanol–water partition coefficient (Wildman–Crippen LogP) is 5.24. The van der Waals surface area contributed by atoms with Gasteiger partial charge in [-0.1, -0.05) is 63.3 Å². The summed E-state index contributed by atoms with van der Waals surface area (Å²) in [6.07, 6.45) is 22.3. The number of rotatable bonds is 14. The van der Waals surface area contributed by atoms with Crippen LogP contribution in [0.4, 0.5) is 0 Å². The molecule has 0 radical (unpaired) electrons. The Bertz CT molecular complexity index is 272. The van der Waals surface area contributed by atoms with Gasteiger partial charge in [-0.05, 0) is 38.5 Å². The molecule has 118 valence electrons. The number of hydrogen-bond donors (Lipinski definition) is 1. The summed E-state index contributed by atoms with van der Waals surface area (Å²) in [6, 6.07) is 0. The van der Waals surface area contributed by atoms with Crippen LogP contribution in [0.2, 0.25) is 0 Å². The van der Waals surface area contributed by atoms with Crippen molar-refractivity contribution in [2.45, 2.75) is 84.0 Å². The Kier molecular flexibility index (Phi) is 23.4. The average molecular weight is 321 g/mol. The normalized spacial score (nSPS) is 11.1. The maximum absolute atomic E-state index is 10.3. The number of unbranched alkanes of at least 4 members (excludes halogenated alkanes) is 8. The molecule has 0 aromatic rings. The Morgan fingerprint density at radius 1 is 0.810 bits per heavy atom. The molecule has 0 atom stereocenters. The molecule has 1 N–H and O–H groups in total. The van der Waals surface area contributed by atoms with Gasteiger partial charge in [0.1, 0.15) is 0 Å². The molecule has 0 bridgehead atoms. The topological polar surface area (TPSA) is 37.3 Å². The van der Waals surface area contributed by atoms with Crippen molar-refractivity contribution in [1.82, 2.24) is 0 Å². The van der Waals surface area contributed by atoms with Crippen LogP contribution >= 0.6 is 0 Å². The van der Waals surface area contributed by atoms with Crippen molar-refractivity contribution in [3.8, 4) is 0 Å². The van der Waals surface area contributed by atoms with Crippen LogP contribution in [0.3, 0.4) is 0 Å². The van der Waals surface area contributed by atoms with Gasteiger partial charge in [0, 0.05) is 6.42 Å². The molecule has 0 unspecified atom stereocenters. The second-order valence-corrected chi connectivity index (χ2v) is 5.37. The molecule has 0 aliphatic carbocycles. The molecule has 0 fully saturated rings. The number of hydrogen-bond acceptors (Lipinski definition) is 1. The van der Waals surface area contributed by atoms with Gasteiger partial charge in [0.2, 0.25) is 0 Å². The van der Waals surface area contributed by atoms with Crippen molar-refractivity contribution < 1.29 is 9.90 Å². The Balaban J connectivity index is 0. The zero-order valence-corrected chi connectivity index (χ0v) is 13.2. The van der Waals surface area contributed by atoms with Crippen molar-refractivity contribution >= 4 is 57.4 Å². The van der Waals surface area contributed by atoms with Gasteiger partial charge < -0.3 is 5.11 Å². The fourth-order valence-electron chi connectivity index (χ4n) is 2.09. The van der Waals surface area contributed by atoms with E-state index in [9.17, 15) is 4.79 Å². The van der Waals surface area contributed by atoms with Crippen LogP contribution in [0.5, 0.6) is 0 Å². The van der Waals surface area contributed by atoms with Crippen LogP contribution in [-0.2, 0) is 4.79 Å². The second kappa shape index (κ2) is 20.6. The Morgan fingerprint density at radius 3 is 1.90 bits per heavy atom. The third-order valence-electron chi connectivity index (χ3n) is 3.34. The fourth-order valence-corrected chi connectivity index (χ4v) is 2.09. The first-order chi connectivity index (χ1) is 9.77. The minimum absolute atomic E-state index is 0. The van der Waals surface area contributed by atoms with Gasteiger partial charge in [0.15, 0.2) is 0 Å². The quantitative estimate of drug-likeness (QED) is 0.270. The summed E-state index contributed by atoms with van der Waals surface area (Å²) in [5, 5.41) is 8.50. The molecular formula is C18H33KO2. The van der Waals surface area contributed by atoms with Crippen LogP contribution in [0.15, 0.2) is 24.3 Å². The van der Waals surface area contributed by atoms with E-state index in [1.807, 2.05) is 0 Å². The van der Waals surface area contributed by atoms with Crippen LogP contribution in [0.25, 0.3) is 0 Å². The van der Waals surface area contributed by atoms with E-state index in [4.69, 9.17) is 5.11 Å². The van der Waals surface area contributed by atoms with Gasteiger partial charge in [-0.25, -0.2) is 0 Å². The van der Waals surface area contributed by atoms with Gasteiger partial charge in [-0.3, -0.25) is 4.79 Å². The molecule has 3 heteroatoms. The Morgan fingerprint density at radius 2 is 1.33 bits per heavy atom. The molecule has 0 amide bonds. The van der Waals surface area contributed by atoms with Crippen molar-refractivity contribution in [2.75, 3.05) is 0 Å². The summed E-state index contributed by atoms with van der Waals surface area (Å²) < 4.78 is 0. The summed E-state index contributed by atoms with van der Waals surface area (Å²) in [5.41, 5.74) is 0. The van der Waals surface area contributed by atoms with E-state index >= 15 is 0 Å². The van der Waals surface area contributed by atoms with Crippen LogP contribution < -0.4 is 0 Å². The zero-order valence-electron chi connectivity index (χ0n) is 13.2. The Labute approximate surface area is 173 Å². The van der Waals surface area contributed by atoms with E-state index in [1.165, 1.54) is 44.9 Å². The monoisotopic (exact) mass is 320 g/mol. The third-order valence-corrected chi connectivity index (χ3v) is 3.34. The van der Waals surface area contributed by atoms with Gasteiger partial charge in [-0.15, -0.1) is 0 Å². The minimum atomic E-state index is -0.671. The number of carboxylic acids is 1. The first-order valence-corrected chi connectivity index (χ1v) is 8.29. The van der Waals surface area contributed by atoms with Gasteiger partial charge in [-0.2, -0.15) is 0 Å². The molecule has 21 heavy (non-hydrogen) atoms. The molecule has 0 spiro atoms. The van der Waals surface area contributed by atoms with Gasteiger partial charge in [0.05, 0.1) is 0 Å². The summed E-state index contributed by atoms with van der Waals surface area (Å²) in [5.74, 6) is -0.671. The number of carboxylic acid groups (broad SMARTS) is 1. The van der Waals surface area contributed by atoms with E-state index in [0.717, 1.165) is 25.7 Å². The van der Waals surface area contributed by atoms with Crippen molar-refractivity contribution in [3.05, 3.63) is 24.3 Å². The standard InChI is InChI=1S/C18H32O2.K.H/c1-2-3-4-5-6-7-8-9-10-11-12-13-14-15-16-17-18(19)20;;/h6-7,9-10H,2-5,8,11-17H2,1H3,(H,19,20);;/b7-6-,10-9-;;. The van der Waals surface area contributed by atoms with Gasteiger partial charge >= 0.3 is 57.4 Å². The van der Waals surface area contributed by atoms with Crippen LogP contribution in [-0.4, -0.2) is 62.5 Å². The van der Waals surface area contributed by atoms with Crippen molar-refractivity contribution in [2.24, 2.45) is 0 Å². The van der Waals surface area contributed by atoms with Crippen LogP contribution in [0, 0.1) is 0 Å². The van der Waals surface area contributed by atoms with Gasteiger partial charge in [0.25, 0.3) is 0 Å². The number of allylic oxidation sites excluding steroid dienone is 4. The van der Waals surface area contributed by atoms with E-state index in [-0.39, 0.29) is 51.4 Å². The molecule has 0 heterocycles. The number of aliphatic carboxylic acids is 1. The second-order valence-electron chi connectivity index (χ2n) is 5.37. The summed E-state index contributed by atoms with van der Waals surface area (Å²) in [4.78, 5) is 10.3. The Hall–Kier alpha value is 0.586. The van der Waals surface area contributed by atoms with Crippen molar-refractivity contribution in [3.63, 3.8) is 0 Å². The first kappa shape index (κ1) is 23.8. The summed E-state index contributed by atoms with van der Waals surface area (Å²) in [6.45, 7) is 2.23. The molecule has 0 saturated heterocycles. The molecule has 0 aromatic heterocycles. The first-order valence-electron chi connectivity index (χ1n) is 8.29. The average Bonchev–Trinajstić information content (AvgIpc) is 2.43. The van der Waals surface area contributed by atoms with E-state index in [1.54, 1.807) is 0 Å². The molecule has 0 aliphatic heterocycles. The zero-order chi connectivity index (χ0) is 14.9. The summed E-state index contributed by atoms with van der Waals surface area (Å²) >= 11 is 0. The van der Waals surface area contributed by atoms with E-state index in [0.29, 0.717) is 6.42 Å². The third kappa shape index (κ3) is 23.0.